The minimum atomic E-state index is 0.454. The number of hydrogen-bond donors (Lipinski definition) is 1. The normalized spacial score (nSPS) is 21.7. The smallest absolute Gasteiger partial charge is 0.0346 e. The number of fused-ring (bicyclic) bond motifs is 1. The second kappa shape index (κ2) is 5.40. The molecule has 0 radical (unpaired) electrons. The summed E-state index contributed by atoms with van der Waals surface area (Å²) in [5, 5.41) is 7.57. The van der Waals surface area contributed by atoms with Crippen molar-refractivity contribution in [3.05, 3.63) is 35.2 Å². The SMILES string of the molecule is CC1(C)CC(NCc2csc3ccccc23)CC(C)(C)C1. The minimum Gasteiger partial charge on any atom is -0.310 e. The van der Waals surface area contributed by atoms with Crippen molar-refractivity contribution < 1.29 is 0 Å². The molecule has 3 rings (SSSR count). The molecule has 21 heavy (non-hydrogen) atoms. The van der Waals surface area contributed by atoms with E-state index in [4.69, 9.17) is 0 Å². The van der Waals surface area contributed by atoms with Crippen molar-refractivity contribution in [1.29, 1.82) is 0 Å². The van der Waals surface area contributed by atoms with Gasteiger partial charge in [0.15, 0.2) is 0 Å². The molecule has 0 spiro atoms. The highest BCUT2D eigenvalue weighted by atomic mass is 32.1. The lowest BCUT2D eigenvalue weighted by Crippen LogP contribution is -2.43. The van der Waals surface area contributed by atoms with Crippen LogP contribution in [0.2, 0.25) is 0 Å². The van der Waals surface area contributed by atoms with Gasteiger partial charge in [-0.05, 0) is 52.5 Å². The first-order valence-corrected chi connectivity index (χ1v) is 8.91. The number of rotatable bonds is 3. The Morgan fingerprint density at radius 2 is 1.76 bits per heavy atom. The summed E-state index contributed by atoms with van der Waals surface area (Å²) in [4.78, 5) is 0. The average Bonchev–Trinajstić information content (AvgIpc) is 2.76. The van der Waals surface area contributed by atoms with Crippen LogP contribution in [0.25, 0.3) is 10.1 Å². The second-order valence-corrected chi connectivity index (χ2v) is 9.16. The van der Waals surface area contributed by atoms with Crippen LogP contribution < -0.4 is 5.32 Å². The molecule has 114 valence electrons. The predicted molar refractivity (Wildman–Crippen MR) is 93.9 cm³/mol. The van der Waals surface area contributed by atoms with Gasteiger partial charge < -0.3 is 5.32 Å². The lowest BCUT2D eigenvalue weighted by Gasteiger charge is -2.45. The molecule has 0 atom stereocenters. The van der Waals surface area contributed by atoms with E-state index in [0.717, 1.165) is 6.54 Å². The standard InChI is InChI=1S/C19H27NS/c1-18(2)9-15(10-19(3,4)13-18)20-11-14-12-21-17-8-6-5-7-16(14)17/h5-8,12,15,20H,9-11,13H2,1-4H3. The summed E-state index contributed by atoms with van der Waals surface area (Å²) < 4.78 is 1.40. The molecule has 0 bridgehead atoms. The van der Waals surface area contributed by atoms with E-state index >= 15 is 0 Å². The van der Waals surface area contributed by atoms with E-state index in [0.29, 0.717) is 16.9 Å². The van der Waals surface area contributed by atoms with Crippen LogP contribution in [-0.4, -0.2) is 6.04 Å². The molecule has 1 saturated carbocycles. The fourth-order valence-electron chi connectivity index (χ4n) is 4.41. The van der Waals surface area contributed by atoms with Crippen molar-refractivity contribution in [2.75, 3.05) is 0 Å². The number of hydrogen-bond acceptors (Lipinski definition) is 2. The minimum absolute atomic E-state index is 0.454. The molecule has 1 aromatic carbocycles. The van der Waals surface area contributed by atoms with E-state index in [9.17, 15) is 0 Å². The Hall–Kier alpha value is -0.860. The fourth-order valence-corrected chi connectivity index (χ4v) is 5.38. The Bertz CT molecular complexity index is 607. The maximum atomic E-state index is 3.83. The van der Waals surface area contributed by atoms with Crippen molar-refractivity contribution >= 4 is 21.4 Å². The van der Waals surface area contributed by atoms with Crippen molar-refractivity contribution in [3.63, 3.8) is 0 Å². The maximum Gasteiger partial charge on any atom is 0.0346 e. The van der Waals surface area contributed by atoms with Gasteiger partial charge >= 0.3 is 0 Å². The highest BCUT2D eigenvalue weighted by Crippen LogP contribution is 2.45. The summed E-state index contributed by atoms with van der Waals surface area (Å²) >= 11 is 1.86. The Morgan fingerprint density at radius 1 is 1.10 bits per heavy atom. The van der Waals surface area contributed by atoms with E-state index in [1.165, 1.54) is 34.9 Å². The Morgan fingerprint density at radius 3 is 2.48 bits per heavy atom. The van der Waals surface area contributed by atoms with Gasteiger partial charge in [-0.15, -0.1) is 11.3 Å². The van der Waals surface area contributed by atoms with Crippen molar-refractivity contribution in [2.24, 2.45) is 10.8 Å². The molecular weight excluding hydrogens is 274 g/mol. The molecule has 1 nitrogen and oxygen atoms in total. The first kappa shape index (κ1) is 15.1. The van der Waals surface area contributed by atoms with Gasteiger partial charge in [0.05, 0.1) is 0 Å². The highest BCUT2D eigenvalue weighted by molar-refractivity contribution is 7.17. The van der Waals surface area contributed by atoms with Crippen LogP contribution in [0.4, 0.5) is 0 Å². The predicted octanol–water partition coefficient (Wildman–Crippen LogP) is 5.60. The third kappa shape index (κ3) is 3.49. The summed E-state index contributed by atoms with van der Waals surface area (Å²) in [7, 11) is 0. The van der Waals surface area contributed by atoms with Gasteiger partial charge in [-0.2, -0.15) is 0 Å². The van der Waals surface area contributed by atoms with Crippen LogP contribution in [0.15, 0.2) is 29.6 Å². The molecule has 1 aliphatic carbocycles. The molecule has 0 aliphatic heterocycles. The van der Waals surface area contributed by atoms with Crippen LogP contribution >= 0.6 is 11.3 Å². The molecule has 1 aromatic heterocycles. The first-order valence-electron chi connectivity index (χ1n) is 8.03. The number of benzene rings is 1. The van der Waals surface area contributed by atoms with Crippen molar-refractivity contribution in [2.45, 2.75) is 59.5 Å². The van der Waals surface area contributed by atoms with Gasteiger partial charge in [0.1, 0.15) is 0 Å². The van der Waals surface area contributed by atoms with E-state index in [1.807, 2.05) is 11.3 Å². The zero-order valence-corrected chi connectivity index (χ0v) is 14.5. The lowest BCUT2D eigenvalue weighted by atomic mass is 9.63. The van der Waals surface area contributed by atoms with Crippen molar-refractivity contribution in [1.82, 2.24) is 5.32 Å². The molecule has 1 heterocycles. The molecule has 0 unspecified atom stereocenters. The molecule has 2 aromatic rings. The molecule has 0 saturated heterocycles. The number of nitrogens with one attached hydrogen (secondary N) is 1. The van der Waals surface area contributed by atoms with Gasteiger partial charge in [-0.3, -0.25) is 0 Å². The number of thiophene rings is 1. The van der Waals surface area contributed by atoms with Gasteiger partial charge in [0, 0.05) is 17.3 Å². The van der Waals surface area contributed by atoms with Gasteiger partial charge in [-0.1, -0.05) is 45.9 Å². The summed E-state index contributed by atoms with van der Waals surface area (Å²) in [6.07, 6.45) is 3.91. The zero-order chi connectivity index (χ0) is 15.1. The van der Waals surface area contributed by atoms with Gasteiger partial charge in [0.25, 0.3) is 0 Å². The lowest BCUT2D eigenvalue weighted by molar-refractivity contribution is 0.0845. The topological polar surface area (TPSA) is 12.0 Å². The molecule has 1 aliphatic rings. The second-order valence-electron chi connectivity index (χ2n) is 8.25. The van der Waals surface area contributed by atoms with E-state index in [2.05, 4.69) is 62.7 Å². The van der Waals surface area contributed by atoms with Crippen molar-refractivity contribution in [3.8, 4) is 0 Å². The third-order valence-electron chi connectivity index (χ3n) is 4.70. The fraction of sp³-hybridized carbons (Fsp3) is 0.579. The summed E-state index contributed by atoms with van der Waals surface area (Å²) in [5.41, 5.74) is 2.36. The van der Waals surface area contributed by atoms with E-state index < -0.39 is 0 Å². The third-order valence-corrected chi connectivity index (χ3v) is 5.71. The first-order chi connectivity index (χ1) is 9.85. The van der Waals surface area contributed by atoms with Gasteiger partial charge in [0.2, 0.25) is 0 Å². The summed E-state index contributed by atoms with van der Waals surface area (Å²) in [6, 6.07) is 9.38. The van der Waals surface area contributed by atoms with Gasteiger partial charge in [-0.25, -0.2) is 0 Å². The summed E-state index contributed by atoms with van der Waals surface area (Å²) in [5.74, 6) is 0. The molecular formula is C19H27NS. The summed E-state index contributed by atoms with van der Waals surface area (Å²) in [6.45, 7) is 10.7. The van der Waals surface area contributed by atoms with E-state index in [-0.39, 0.29) is 0 Å². The maximum absolute atomic E-state index is 3.83. The quantitative estimate of drug-likeness (QED) is 0.778. The largest absolute Gasteiger partial charge is 0.310 e. The monoisotopic (exact) mass is 301 g/mol. The molecule has 1 fully saturated rings. The average molecular weight is 301 g/mol. The highest BCUT2D eigenvalue weighted by Gasteiger charge is 2.38. The Labute approximate surface area is 132 Å². The zero-order valence-electron chi connectivity index (χ0n) is 13.7. The Kier molecular flexibility index (Phi) is 3.87. The van der Waals surface area contributed by atoms with Crippen LogP contribution in [0.3, 0.4) is 0 Å². The van der Waals surface area contributed by atoms with Crippen LogP contribution in [0.1, 0.15) is 52.5 Å². The van der Waals surface area contributed by atoms with Crippen LogP contribution in [-0.2, 0) is 6.54 Å². The molecule has 0 amide bonds. The van der Waals surface area contributed by atoms with E-state index in [1.54, 1.807) is 0 Å². The Balaban J connectivity index is 1.70. The molecule has 2 heteroatoms. The molecule has 1 N–H and O–H groups in total. The van der Waals surface area contributed by atoms with Crippen LogP contribution in [0, 0.1) is 10.8 Å². The van der Waals surface area contributed by atoms with Crippen LogP contribution in [0.5, 0.6) is 0 Å².